The second kappa shape index (κ2) is 8.81. The molecule has 0 unspecified atom stereocenters. The van der Waals surface area contributed by atoms with Gasteiger partial charge in [-0.2, -0.15) is 0 Å². The molecule has 1 aromatic heterocycles. The fraction of sp³-hybridized carbons (Fsp3) is 0.125. The van der Waals surface area contributed by atoms with Crippen LogP contribution >= 0.6 is 15.9 Å². The molecule has 2 aromatic rings. The number of rotatable bonds is 7. The quantitative estimate of drug-likeness (QED) is 0.313. The van der Waals surface area contributed by atoms with E-state index in [1.807, 2.05) is 0 Å². The van der Waals surface area contributed by atoms with E-state index in [2.05, 4.69) is 21.2 Å². The van der Waals surface area contributed by atoms with Crippen molar-refractivity contribution in [3.63, 3.8) is 0 Å². The van der Waals surface area contributed by atoms with Gasteiger partial charge in [-0.3, -0.25) is 14.9 Å². The summed E-state index contributed by atoms with van der Waals surface area (Å²) < 4.78 is 15.5. The number of methoxy groups -OCH3 is 1. The Bertz CT molecular complexity index is 860. The number of benzene rings is 1. The number of hydrogen-bond acceptors (Lipinski definition) is 7. The molecular formula is C16H13BrN2O7. The molecule has 0 radical (unpaired) electrons. The summed E-state index contributed by atoms with van der Waals surface area (Å²) in [5, 5.41) is 13.2. The van der Waals surface area contributed by atoms with Gasteiger partial charge in [0.25, 0.3) is 11.6 Å². The molecule has 26 heavy (non-hydrogen) atoms. The van der Waals surface area contributed by atoms with Crippen LogP contribution in [0, 0.1) is 10.1 Å². The van der Waals surface area contributed by atoms with E-state index in [9.17, 15) is 19.7 Å². The van der Waals surface area contributed by atoms with Crippen molar-refractivity contribution >= 4 is 45.3 Å². The van der Waals surface area contributed by atoms with Gasteiger partial charge in [0.2, 0.25) is 0 Å². The Morgan fingerprint density at radius 1 is 1.35 bits per heavy atom. The van der Waals surface area contributed by atoms with Crippen LogP contribution < -0.4 is 10.1 Å². The number of furan rings is 1. The Hall–Kier alpha value is -3.14. The molecule has 0 saturated heterocycles. The van der Waals surface area contributed by atoms with Gasteiger partial charge in [-0.1, -0.05) is 0 Å². The van der Waals surface area contributed by atoms with Crippen LogP contribution in [0.5, 0.6) is 5.75 Å². The first-order valence-corrected chi connectivity index (χ1v) is 7.91. The van der Waals surface area contributed by atoms with Gasteiger partial charge in [0, 0.05) is 18.2 Å². The second-order valence-corrected chi connectivity index (χ2v) is 5.55. The third-order valence-electron chi connectivity index (χ3n) is 2.99. The molecule has 1 aromatic carbocycles. The zero-order valence-electron chi connectivity index (χ0n) is 13.4. The van der Waals surface area contributed by atoms with E-state index in [-0.39, 0.29) is 17.1 Å². The molecule has 0 bridgehead atoms. The summed E-state index contributed by atoms with van der Waals surface area (Å²) >= 11 is 3.12. The SMILES string of the molecule is COc1ccc([N+](=O)[O-])cc1NC(=O)COC(=O)C=Cc1ccc(Br)o1. The van der Waals surface area contributed by atoms with Crippen molar-refractivity contribution in [2.24, 2.45) is 0 Å². The summed E-state index contributed by atoms with van der Waals surface area (Å²) in [5.41, 5.74) is -0.121. The fourth-order valence-electron chi connectivity index (χ4n) is 1.85. The van der Waals surface area contributed by atoms with Crippen molar-refractivity contribution in [1.29, 1.82) is 0 Å². The largest absolute Gasteiger partial charge is 0.495 e. The lowest BCUT2D eigenvalue weighted by atomic mass is 10.2. The summed E-state index contributed by atoms with van der Waals surface area (Å²) in [6.07, 6.45) is 2.49. The maximum atomic E-state index is 11.9. The van der Waals surface area contributed by atoms with Gasteiger partial charge in [0.15, 0.2) is 11.3 Å². The number of carbonyl (C=O) groups is 2. The van der Waals surface area contributed by atoms with Crippen LogP contribution in [0.2, 0.25) is 0 Å². The number of amides is 1. The molecule has 1 amide bonds. The molecule has 0 spiro atoms. The Kier molecular flexibility index (Phi) is 6.50. The van der Waals surface area contributed by atoms with Crippen molar-refractivity contribution in [1.82, 2.24) is 0 Å². The van der Waals surface area contributed by atoms with Crippen LogP contribution in [-0.2, 0) is 14.3 Å². The molecule has 10 heteroatoms. The molecular weight excluding hydrogens is 412 g/mol. The van der Waals surface area contributed by atoms with E-state index >= 15 is 0 Å². The predicted octanol–water partition coefficient (Wildman–Crippen LogP) is 3.15. The summed E-state index contributed by atoms with van der Waals surface area (Å²) in [6, 6.07) is 7.03. The number of nitro benzene ring substituents is 1. The minimum atomic E-state index is -0.751. The van der Waals surface area contributed by atoms with Crippen LogP contribution in [0.15, 0.2) is 45.5 Å². The fourth-order valence-corrected chi connectivity index (χ4v) is 2.17. The zero-order chi connectivity index (χ0) is 19.1. The Labute approximate surface area is 155 Å². The van der Waals surface area contributed by atoms with E-state index in [1.165, 1.54) is 25.3 Å². The number of halogens is 1. The number of nitrogens with zero attached hydrogens (tertiary/aromatic N) is 1. The van der Waals surface area contributed by atoms with Crippen LogP contribution in [0.3, 0.4) is 0 Å². The number of nitro groups is 1. The lowest BCUT2D eigenvalue weighted by Gasteiger charge is -2.09. The van der Waals surface area contributed by atoms with E-state index in [0.29, 0.717) is 10.4 Å². The van der Waals surface area contributed by atoms with E-state index in [4.69, 9.17) is 13.9 Å². The molecule has 0 aliphatic rings. The smallest absolute Gasteiger partial charge is 0.331 e. The van der Waals surface area contributed by atoms with Gasteiger partial charge in [-0.05, 0) is 40.2 Å². The van der Waals surface area contributed by atoms with Crippen molar-refractivity contribution in [3.05, 3.63) is 57.0 Å². The Morgan fingerprint density at radius 3 is 2.73 bits per heavy atom. The summed E-state index contributed by atoms with van der Waals surface area (Å²) in [5.74, 6) is -0.761. The van der Waals surface area contributed by atoms with E-state index in [0.717, 1.165) is 12.1 Å². The summed E-state index contributed by atoms with van der Waals surface area (Å²) in [6.45, 7) is -0.573. The van der Waals surface area contributed by atoms with Gasteiger partial charge < -0.3 is 19.2 Å². The maximum Gasteiger partial charge on any atom is 0.331 e. The number of anilines is 1. The van der Waals surface area contributed by atoms with Crippen LogP contribution in [0.4, 0.5) is 11.4 Å². The molecule has 0 aliphatic carbocycles. The lowest BCUT2D eigenvalue weighted by Crippen LogP contribution is -2.20. The van der Waals surface area contributed by atoms with Gasteiger partial charge in [-0.15, -0.1) is 0 Å². The highest BCUT2D eigenvalue weighted by atomic mass is 79.9. The first-order chi connectivity index (χ1) is 12.4. The first kappa shape index (κ1) is 19.2. The molecule has 1 heterocycles. The third-order valence-corrected chi connectivity index (χ3v) is 3.42. The third kappa shape index (κ3) is 5.45. The molecule has 9 nitrogen and oxygen atoms in total. The Morgan fingerprint density at radius 2 is 2.12 bits per heavy atom. The molecule has 2 rings (SSSR count). The highest BCUT2D eigenvalue weighted by Crippen LogP contribution is 2.28. The monoisotopic (exact) mass is 424 g/mol. The molecule has 1 N–H and O–H groups in total. The average molecular weight is 425 g/mol. The highest BCUT2D eigenvalue weighted by molar-refractivity contribution is 9.10. The normalized spacial score (nSPS) is 10.5. The number of esters is 1. The highest BCUT2D eigenvalue weighted by Gasteiger charge is 2.14. The average Bonchev–Trinajstić information content (AvgIpc) is 3.03. The predicted molar refractivity (Wildman–Crippen MR) is 94.7 cm³/mol. The van der Waals surface area contributed by atoms with Crippen molar-refractivity contribution in [2.45, 2.75) is 0 Å². The van der Waals surface area contributed by atoms with E-state index in [1.54, 1.807) is 12.1 Å². The van der Waals surface area contributed by atoms with Crippen LogP contribution in [-0.4, -0.2) is 30.5 Å². The Balaban J connectivity index is 1.92. The van der Waals surface area contributed by atoms with Crippen LogP contribution in [0.1, 0.15) is 5.76 Å². The van der Waals surface area contributed by atoms with E-state index < -0.39 is 23.4 Å². The maximum absolute atomic E-state index is 11.9. The minimum Gasteiger partial charge on any atom is -0.495 e. The van der Waals surface area contributed by atoms with Crippen molar-refractivity contribution in [2.75, 3.05) is 19.0 Å². The molecule has 136 valence electrons. The summed E-state index contributed by atoms with van der Waals surface area (Å²) in [7, 11) is 1.36. The molecule has 0 atom stereocenters. The van der Waals surface area contributed by atoms with Gasteiger partial charge in [-0.25, -0.2) is 4.79 Å². The minimum absolute atomic E-state index is 0.0960. The van der Waals surface area contributed by atoms with Crippen LogP contribution in [0.25, 0.3) is 6.08 Å². The number of non-ortho nitro benzene ring substituents is 1. The zero-order valence-corrected chi connectivity index (χ0v) is 15.0. The van der Waals surface area contributed by atoms with Crippen molar-refractivity contribution < 1.29 is 28.4 Å². The van der Waals surface area contributed by atoms with Gasteiger partial charge >= 0.3 is 5.97 Å². The lowest BCUT2D eigenvalue weighted by molar-refractivity contribution is -0.384. The van der Waals surface area contributed by atoms with Gasteiger partial charge in [0.1, 0.15) is 11.5 Å². The van der Waals surface area contributed by atoms with Gasteiger partial charge in [0.05, 0.1) is 17.7 Å². The number of ether oxygens (including phenoxy) is 2. The first-order valence-electron chi connectivity index (χ1n) is 7.11. The van der Waals surface area contributed by atoms with Crippen molar-refractivity contribution in [3.8, 4) is 5.75 Å². The standard InChI is InChI=1S/C16H13BrN2O7/c1-24-13-5-2-10(19(22)23)8-12(13)18-15(20)9-25-16(21)7-4-11-3-6-14(17)26-11/h2-8H,9H2,1H3,(H,18,20). The molecule has 0 fully saturated rings. The number of hydrogen-bond donors (Lipinski definition) is 1. The molecule has 0 saturated carbocycles. The number of carbonyl (C=O) groups excluding carboxylic acids is 2. The molecule has 0 aliphatic heterocycles. The summed E-state index contributed by atoms with van der Waals surface area (Å²) in [4.78, 5) is 33.7. The topological polar surface area (TPSA) is 121 Å². The number of nitrogens with one attached hydrogen (secondary N) is 1. The second-order valence-electron chi connectivity index (χ2n) is 4.77.